The van der Waals surface area contributed by atoms with Crippen molar-refractivity contribution >= 4 is 37.8 Å². The number of likely N-dealkylation sites (tertiary alicyclic amines) is 1. The third-order valence-electron chi connectivity index (χ3n) is 3.22. The number of carbonyl (C=O) groups is 1. The molecule has 1 amide bonds. The van der Waals surface area contributed by atoms with Crippen LogP contribution in [0.1, 0.15) is 31.4 Å². The average Bonchev–Trinajstić information content (AvgIpc) is 2.74. The first kappa shape index (κ1) is 15.1. The Morgan fingerprint density at radius 1 is 1.32 bits per heavy atom. The standard InChI is InChI=1S/C13H18Br2N2O2/c14-11-8-10(19-13(11)15)9-16-5-4-12(18)17-6-2-1-3-7-17/h8,16H,1-7,9H2. The fourth-order valence-corrected chi connectivity index (χ4v) is 2.85. The van der Waals surface area contributed by atoms with E-state index in [1.54, 1.807) is 0 Å². The molecule has 1 aromatic rings. The summed E-state index contributed by atoms with van der Waals surface area (Å²) in [5, 5.41) is 3.23. The van der Waals surface area contributed by atoms with Gasteiger partial charge < -0.3 is 14.6 Å². The minimum atomic E-state index is 0.258. The van der Waals surface area contributed by atoms with Crippen molar-refractivity contribution in [2.45, 2.75) is 32.2 Å². The van der Waals surface area contributed by atoms with Crippen LogP contribution in [0.3, 0.4) is 0 Å². The van der Waals surface area contributed by atoms with Gasteiger partial charge in [0.2, 0.25) is 5.91 Å². The molecule has 1 aliphatic rings. The summed E-state index contributed by atoms with van der Waals surface area (Å²) in [5.41, 5.74) is 0. The molecule has 2 rings (SSSR count). The highest BCUT2D eigenvalue weighted by Gasteiger charge is 2.15. The Morgan fingerprint density at radius 2 is 2.05 bits per heavy atom. The Morgan fingerprint density at radius 3 is 2.68 bits per heavy atom. The van der Waals surface area contributed by atoms with Crippen LogP contribution < -0.4 is 5.32 Å². The molecule has 0 aromatic carbocycles. The summed E-state index contributed by atoms with van der Waals surface area (Å²) in [6.07, 6.45) is 4.11. The van der Waals surface area contributed by atoms with Crippen molar-refractivity contribution in [3.8, 4) is 0 Å². The van der Waals surface area contributed by atoms with E-state index < -0.39 is 0 Å². The minimum Gasteiger partial charge on any atom is -0.452 e. The summed E-state index contributed by atoms with van der Waals surface area (Å²) in [6.45, 7) is 3.18. The number of nitrogens with one attached hydrogen (secondary N) is 1. The Kier molecular flexibility index (Phi) is 5.91. The summed E-state index contributed by atoms with van der Waals surface area (Å²) in [6, 6.07) is 1.92. The zero-order valence-corrected chi connectivity index (χ0v) is 13.9. The highest BCUT2D eigenvalue weighted by Crippen LogP contribution is 2.26. The fourth-order valence-electron chi connectivity index (χ4n) is 2.19. The molecule has 6 heteroatoms. The number of hydrogen-bond donors (Lipinski definition) is 1. The molecule has 1 fully saturated rings. The number of halogens is 2. The number of rotatable bonds is 5. The molecule has 0 spiro atoms. The van der Waals surface area contributed by atoms with Crippen molar-refractivity contribution < 1.29 is 9.21 Å². The molecular formula is C13H18Br2N2O2. The van der Waals surface area contributed by atoms with Crippen LogP contribution in [0.5, 0.6) is 0 Å². The molecule has 0 radical (unpaired) electrons. The maximum atomic E-state index is 11.9. The van der Waals surface area contributed by atoms with E-state index in [2.05, 4.69) is 37.2 Å². The second-order valence-electron chi connectivity index (χ2n) is 4.70. The average molecular weight is 394 g/mol. The summed E-state index contributed by atoms with van der Waals surface area (Å²) in [5.74, 6) is 1.11. The van der Waals surface area contributed by atoms with E-state index in [-0.39, 0.29) is 5.91 Å². The predicted octanol–water partition coefficient (Wildman–Crippen LogP) is 3.30. The van der Waals surface area contributed by atoms with Crippen LogP contribution in [0.25, 0.3) is 0 Å². The van der Waals surface area contributed by atoms with Gasteiger partial charge in [-0.2, -0.15) is 0 Å². The molecule has 0 saturated carbocycles. The lowest BCUT2D eigenvalue weighted by Crippen LogP contribution is -2.37. The largest absolute Gasteiger partial charge is 0.452 e. The molecule has 0 aliphatic carbocycles. The van der Waals surface area contributed by atoms with Crippen molar-refractivity contribution in [3.63, 3.8) is 0 Å². The molecule has 2 heterocycles. The number of piperidine rings is 1. The number of nitrogens with zero attached hydrogens (tertiary/aromatic N) is 1. The normalized spacial score (nSPS) is 15.8. The minimum absolute atomic E-state index is 0.258. The second kappa shape index (κ2) is 7.45. The van der Waals surface area contributed by atoms with E-state index in [9.17, 15) is 4.79 Å². The lowest BCUT2D eigenvalue weighted by atomic mass is 10.1. The second-order valence-corrected chi connectivity index (χ2v) is 6.28. The lowest BCUT2D eigenvalue weighted by Gasteiger charge is -2.26. The van der Waals surface area contributed by atoms with Crippen LogP contribution in [-0.4, -0.2) is 30.4 Å². The van der Waals surface area contributed by atoms with Gasteiger partial charge in [-0.1, -0.05) is 0 Å². The molecule has 0 atom stereocenters. The summed E-state index contributed by atoms with van der Waals surface area (Å²) in [4.78, 5) is 13.9. The van der Waals surface area contributed by atoms with Crippen LogP contribution >= 0.6 is 31.9 Å². The van der Waals surface area contributed by atoms with E-state index in [1.807, 2.05) is 11.0 Å². The quantitative estimate of drug-likeness (QED) is 0.780. The molecule has 4 nitrogen and oxygen atoms in total. The lowest BCUT2D eigenvalue weighted by molar-refractivity contribution is -0.131. The highest BCUT2D eigenvalue weighted by molar-refractivity contribution is 9.13. The van der Waals surface area contributed by atoms with Gasteiger partial charge in [0.25, 0.3) is 0 Å². The van der Waals surface area contributed by atoms with E-state index in [4.69, 9.17) is 4.42 Å². The molecular weight excluding hydrogens is 376 g/mol. The molecule has 19 heavy (non-hydrogen) atoms. The molecule has 1 N–H and O–H groups in total. The van der Waals surface area contributed by atoms with E-state index in [1.165, 1.54) is 6.42 Å². The first-order chi connectivity index (χ1) is 9.16. The Labute approximate surface area is 130 Å². The first-order valence-electron chi connectivity index (χ1n) is 6.59. The third-order valence-corrected chi connectivity index (χ3v) is 4.93. The van der Waals surface area contributed by atoms with Gasteiger partial charge in [-0.25, -0.2) is 0 Å². The van der Waals surface area contributed by atoms with Gasteiger partial charge in [0.1, 0.15) is 5.76 Å². The van der Waals surface area contributed by atoms with Crippen molar-refractivity contribution in [1.29, 1.82) is 0 Å². The first-order valence-corrected chi connectivity index (χ1v) is 8.17. The van der Waals surface area contributed by atoms with Crippen molar-refractivity contribution in [2.24, 2.45) is 0 Å². The van der Waals surface area contributed by atoms with Gasteiger partial charge in [0, 0.05) is 26.1 Å². The molecule has 0 bridgehead atoms. The maximum absolute atomic E-state index is 11.9. The molecule has 0 unspecified atom stereocenters. The Balaban J connectivity index is 1.64. The molecule has 106 valence electrons. The van der Waals surface area contributed by atoms with Crippen molar-refractivity contribution in [3.05, 3.63) is 21.0 Å². The molecule has 1 saturated heterocycles. The van der Waals surface area contributed by atoms with Crippen LogP contribution in [-0.2, 0) is 11.3 Å². The summed E-state index contributed by atoms with van der Waals surface area (Å²) in [7, 11) is 0. The van der Waals surface area contributed by atoms with Gasteiger partial charge in [-0.05, 0) is 57.2 Å². The zero-order chi connectivity index (χ0) is 13.7. The summed E-state index contributed by atoms with van der Waals surface area (Å²) >= 11 is 6.67. The van der Waals surface area contributed by atoms with Crippen LogP contribution in [0.2, 0.25) is 0 Å². The van der Waals surface area contributed by atoms with Gasteiger partial charge in [0.15, 0.2) is 4.67 Å². The monoisotopic (exact) mass is 392 g/mol. The van der Waals surface area contributed by atoms with Crippen molar-refractivity contribution in [1.82, 2.24) is 10.2 Å². The van der Waals surface area contributed by atoms with Crippen LogP contribution in [0.15, 0.2) is 19.6 Å². The van der Waals surface area contributed by atoms with Gasteiger partial charge in [-0.15, -0.1) is 0 Å². The highest BCUT2D eigenvalue weighted by atomic mass is 79.9. The van der Waals surface area contributed by atoms with E-state index in [0.29, 0.717) is 24.2 Å². The predicted molar refractivity (Wildman–Crippen MR) is 80.9 cm³/mol. The van der Waals surface area contributed by atoms with Crippen LogP contribution in [0, 0.1) is 0 Å². The van der Waals surface area contributed by atoms with Crippen LogP contribution in [0.4, 0.5) is 0 Å². The van der Waals surface area contributed by atoms with Crippen molar-refractivity contribution in [2.75, 3.05) is 19.6 Å². The SMILES string of the molecule is O=C(CCNCc1cc(Br)c(Br)o1)N1CCCCC1. The number of carbonyl (C=O) groups excluding carboxylic acids is 1. The van der Waals surface area contributed by atoms with Gasteiger partial charge in [0.05, 0.1) is 11.0 Å². The maximum Gasteiger partial charge on any atom is 0.223 e. The number of amides is 1. The number of hydrogen-bond acceptors (Lipinski definition) is 3. The van der Waals surface area contributed by atoms with Gasteiger partial charge >= 0.3 is 0 Å². The van der Waals surface area contributed by atoms with Gasteiger partial charge in [-0.3, -0.25) is 4.79 Å². The fraction of sp³-hybridized carbons (Fsp3) is 0.615. The zero-order valence-electron chi connectivity index (χ0n) is 10.8. The summed E-state index contributed by atoms with van der Waals surface area (Å²) < 4.78 is 7.06. The van der Waals surface area contributed by atoms with E-state index >= 15 is 0 Å². The Bertz CT molecular complexity index is 409. The topological polar surface area (TPSA) is 45.5 Å². The smallest absolute Gasteiger partial charge is 0.223 e. The van der Waals surface area contributed by atoms with E-state index in [0.717, 1.165) is 36.2 Å². The molecule has 1 aliphatic heterocycles. The number of furan rings is 1. The Hall–Kier alpha value is -0.330. The third kappa shape index (κ3) is 4.61. The molecule has 1 aromatic heterocycles.